The minimum absolute atomic E-state index is 0.0457. The van der Waals surface area contributed by atoms with E-state index in [1.54, 1.807) is 24.3 Å². The van der Waals surface area contributed by atoms with Crippen molar-refractivity contribution >= 4 is 61.0 Å². The molecule has 2 amide bonds. The molecule has 7 nitrogen and oxygen atoms in total. The van der Waals surface area contributed by atoms with E-state index in [2.05, 4.69) is 48.0 Å². The number of thiocarbonyl (C=S) groups is 1. The third-order valence-corrected chi connectivity index (χ3v) is 5.01. The molecule has 0 aliphatic carbocycles. The van der Waals surface area contributed by atoms with E-state index in [1.807, 2.05) is 26.0 Å². The van der Waals surface area contributed by atoms with Crippen LogP contribution in [-0.4, -0.2) is 30.1 Å². The third kappa shape index (κ3) is 7.58. The average molecular weight is 559 g/mol. The van der Waals surface area contributed by atoms with Gasteiger partial charge in [-0.2, -0.15) is 0 Å². The smallest absolute Gasteiger partial charge is 0.276 e. The second kappa shape index (κ2) is 11.9. The Morgan fingerprint density at radius 1 is 1.03 bits per heavy atom. The highest BCUT2D eigenvalue weighted by Gasteiger charge is 2.12. The van der Waals surface area contributed by atoms with Gasteiger partial charge in [-0.05, 0) is 83.5 Å². The molecule has 0 atom stereocenters. The minimum Gasteiger partial charge on any atom is -0.492 e. The van der Waals surface area contributed by atoms with E-state index in [-0.39, 0.29) is 11.7 Å². The lowest BCUT2D eigenvalue weighted by Gasteiger charge is -2.13. The molecule has 0 heterocycles. The highest BCUT2D eigenvalue weighted by Crippen LogP contribution is 2.26. The van der Waals surface area contributed by atoms with Gasteiger partial charge in [0.15, 0.2) is 11.7 Å². The van der Waals surface area contributed by atoms with Crippen molar-refractivity contribution in [2.24, 2.45) is 0 Å². The second-order valence-electron chi connectivity index (χ2n) is 6.15. The molecule has 0 fully saturated rings. The fraction of sp³-hybridized carbons (Fsp3) is 0.250. The molecule has 160 valence electrons. The lowest BCUT2D eigenvalue weighted by atomic mass is 10.2. The Bertz CT molecular complexity index is 940. The zero-order chi connectivity index (χ0) is 22.1. The Morgan fingerprint density at radius 3 is 2.43 bits per heavy atom. The van der Waals surface area contributed by atoms with Crippen molar-refractivity contribution in [2.75, 3.05) is 13.2 Å². The molecule has 0 spiro atoms. The number of ether oxygens (including phenoxy) is 2. The Labute approximate surface area is 197 Å². The van der Waals surface area contributed by atoms with Crippen molar-refractivity contribution in [1.29, 1.82) is 0 Å². The van der Waals surface area contributed by atoms with E-state index < -0.39 is 11.8 Å². The maximum atomic E-state index is 12.3. The summed E-state index contributed by atoms with van der Waals surface area (Å²) in [5, 5.41) is 2.44. The Hall–Kier alpha value is -2.17. The molecule has 30 heavy (non-hydrogen) atoms. The summed E-state index contributed by atoms with van der Waals surface area (Å²) in [7, 11) is 0. The Balaban J connectivity index is 1.78. The Kier molecular flexibility index (Phi) is 9.54. The van der Waals surface area contributed by atoms with Gasteiger partial charge < -0.3 is 9.47 Å². The molecular weight excluding hydrogens is 538 g/mol. The predicted molar refractivity (Wildman–Crippen MR) is 126 cm³/mol. The van der Waals surface area contributed by atoms with Crippen LogP contribution >= 0.6 is 44.1 Å². The fourth-order valence-corrected chi connectivity index (χ4v) is 3.37. The van der Waals surface area contributed by atoms with Gasteiger partial charge >= 0.3 is 0 Å². The van der Waals surface area contributed by atoms with Crippen LogP contribution in [0.2, 0.25) is 0 Å². The van der Waals surface area contributed by atoms with Crippen molar-refractivity contribution in [1.82, 2.24) is 16.2 Å². The molecule has 0 aliphatic heterocycles. The molecule has 0 unspecified atom stereocenters. The first kappa shape index (κ1) is 24.1. The number of nitrogens with one attached hydrogen (secondary N) is 3. The van der Waals surface area contributed by atoms with E-state index in [9.17, 15) is 9.59 Å². The molecule has 2 rings (SSSR count). The highest BCUT2D eigenvalue weighted by atomic mass is 79.9. The monoisotopic (exact) mass is 557 g/mol. The summed E-state index contributed by atoms with van der Waals surface area (Å²) < 4.78 is 12.6. The van der Waals surface area contributed by atoms with Gasteiger partial charge in [0.05, 0.1) is 11.1 Å². The summed E-state index contributed by atoms with van der Waals surface area (Å²) in [6, 6.07) is 10.4. The number of carbonyl (C=O) groups is 2. The highest BCUT2D eigenvalue weighted by molar-refractivity contribution is 9.10. The number of halogens is 2. The quantitative estimate of drug-likeness (QED) is 0.351. The van der Waals surface area contributed by atoms with Gasteiger partial charge in [-0.3, -0.25) is 25.8 Å². The number of hydrogen-bond donors (Lipinski definition) is 3. The van der Waals surface area contributed by atoms with E-state index in [0.717, 1.165) is 16.5 Å². The molecule has 0 aliphatic rings. The first-order valence-corrected chi connectivity index (χ1v) is 11.0. The number of rotatable bonds is 7. The van der Waals surface area contributed by atoms with Crippen molar-refractivity contribution < 1.29 is 19.1 Å². The van der Waals surface area contributed by atoms with Crippen LogP contribution in [-0.2, 0) is 4.79 Å². The summed E-state index contributed by atoms with van der Waals surface area (Å²) in [5.74, 6) is 0.379. The molecule has 0 saturated heterocycles. The summed E-state index contributed by atoms with van der Waals surface area (Å²) in [4.78, 5) is 24.2. The number of hydrogen-bond acceptors (Lipinski definition) is 5. The number of benzene rings is 2. The van der Waals surface area contributed by atoms with Crippen LogP contribution in [0.3, 0.4) is 0 Å². The van der Waals surface area contributed by atoms with Crippen molar-refractivity contribution in [3.8, 4) is 11.5 Å². The first-order chi connectivity index (χ1) is 14.3. The number of aryl methyl sites for hydroxylation is 1. The van der Waals surface area contributed by atoms with E-state index >= 15 is 0 Å². The summed E-state index contributed by atoms with van der Waals surface area (Å²) in [5.41, 5.74) is 6.13. The van der Waals surface area contributed by atoms with Crippen molar-refractivity contribution in [3.63, 3.8) is 0 Å². The molecule has 0 bridgehead atoms. The van der Waals surface area contributed by atoms with E-state index in [4.69, 9.17) is 21.7 Å². The summed E-state index contributed by atoms with van der Waals surface area (Å²) >= 11 is 11.8. The Morgan fingerprint density at radius 2 is 1.77 bits per heavy atom. The van der Waals surface area contributed by atoms with Crippen LogP contribution in [0.4, 0.5) is 0 Å². The first-order valence-electron chi connectivity index (χ1n) is 9.01. The second-order valence-corrected chi connectivity index (χ2v) is 8.33. The maximum absolute atomic E-state index is 12.3. The maximum Gasteiger partial charge on any atom is 0.276 e. The third-order valence-electron chi connectivity index (χ3n) is 3.69. The average Bonchev–Trinajstić information content (AvgIpc) is 2.70. The lowest BCUT2D eigenvalue weighted by molar-refractivity contribution is -0.123. The summed E-state index contributed by atoms with van der Waals surface area (Å²) in [6.07, 6.45) is 0.883. The van der Waals surface area contributed by atoms with Crippen LogP contribution in [0, 0.1) is 6.92 Å². The standard InChI is InChI=1S/C20H21Br2N3O4S/c1-3-8-28-17-6-4-13(10-15(17)22)19(27)23-20(30)25-24-18(26)11-29-16-7-5-14(21)9-12(16)2/h4-7,9-10H,3,8,11H2,1-2H3,(H,24,26)(H2,23,25,27,30). The van der Waals surface area contributed by atoms with Crippen molar-refractivity contribution in [2.45, 2.75) is 20.3 Å². The van der Waals surface area contributed by atoms with Gasteiger partial charge in [0.1, 0.15) is 11.5 Å². The number of hydrazine groups is 1. The van der Waals surface area contributed by atoms with Gasteiger partial charge in [-0.15, -0.1) is 0 Å². The van der Waals surface area contributed by atoms with Crippen LogP contribution in [0.25, 0.3) is 0 Å². The van der Waals surface area contributed by atoms with E-state index in [0.29, 0.717) is 28.1 Å². The number of amides is 2. The van der Waals surface area contributed by atoms with Gasteiger partial charge in [-0.1, -0.05) is 22.9 Å². The van der Waals surface area contributed by atoms with Gasteiger partial charge in [0, 0.05) is 10.0 Å². The zero-order valence-corrected chi connectivity index (χ0v) is 20.4. The fourth-order valence-electron chi connectivity index (χ4n) is 2.26. The van der Waals surface area contributed by atoms with Crippen molar-refractivity contribution in [3.05, 3.63) is 56.5 Å². The van der Waals surface area contributed by atoms with Gasteiger partial charge in [-0.25, -0.2) is 0 Å². The summed E-state index contributed by atoms with van der Waals surface area (Å²) in [6.45, 7) is 4.26. The SMILES string of the molecule is CCCOc1ccc(C(=O)NC(=S)NNC(=O)COc2ccc(Br)cc2C)cc1Br. The van der Waals surface area contributed by atoms with Crippen LogP contribution < -0.4 is 25.6 Å². The van der Waals surface area contributed by atoms with Gasteiger partial charge in [0.25, 0.3) is 11.8 Å². The molecule has 0 saturated carbocycles. The largest absolute Gasteiger partial charge is 0.492 e. The molecule has 3 N–H and O–H groups in total. The molecule has 2 aromatic rings. The van der Waals surface area contributed by atoms with Crippen LogP contribution in [0.1, 0.15) is 29.3 Å². The van der Waals surface area contributed by atoms with Crippen LogP contribution in [0.15, 0.2) is 45.3 Å². The van der Waals surface area contributed by atoms with Crippen LogP contribution in [0.5, 0.6) is 11.5 Å². The molecule has 0 radical (unpaired) electrons. The molecule has 10 heteroatoms. The topological polar surface area (TPSA) is 88.7 Å². The zero-order valence-electron chi connectivity index (χ0n) is 16.4. The minimum atomic E-state index is -0.450. The molecule has 0 aromatic heterocycles. The normalized spacial score (nSPS) is 10.1. The van der Waals surface area contributed by atoms with E-state index in [1.165, 1.54) is 0 Å². The molecular formula is C20H21Br2N3O4S. The lowest BCUT2D eigenvalue weighted by Crippen LogP contribution is -2.49. The predicted octanol–water partition coefficient (Wildman–Crippen LogP) is 4.02. The molecule has 2 aromatic carbocycles. The number of carbonyl (C=O) groups excluding carboxylic acids is 2. The van der Waals surface area contributed by atoms with Gasteiger partial charge in [0.2, 0.25) is 0 Å².